The number of likely N-dealkylation sites (tertiary alicyclic amines) is 1. The molecule has 1 amide bonds. The molecule has 1 fully saturated rings. The van der Waals surface area contributed by atoms with Gasteiger partial charge in [-0.2, -0.15) is 0 Å². The van der Waals surface area contributed by atoms with Gasteiger partial charge in [0.25, 0.3) is 5.56 Å². The maximum atomic E-state index is 12.7. The quantitative estimate of drug-likeness (QED) is 0.590. The summed E-state index contributed by atoms with van der Waals surface area (Å²) in [5.74, 6) is 0.0130. The van der Waals surface area contributed by atoms with Crippen molar-refractivity contribution in [1.82, 2.24) is 9.47 Å². The van der Waals surface area contributed by atoms with Crippen LogP contribution in [0.4, 0.5) is 4.79 Å². The van der Waals surface area contributed by atoms with Crippen LogP contribution in [0.2, 0.25) is 5.02 Å². The number of ether oxygens (including phenoxy) is 1. The van der Waals surface area contributed by atoms with Crippen molar-refractivity contribution in [3.63, 3.8) is 0 Å². The molecule has 1 aliphatic heterocycles. The lowest BCUT2D eigenvalue weighted by molar-refractivity contribution is 0.145. The molecule has 2 unspecified atom stereocenters. The number of hydrogen-bond acceptors (Lipinski definition) is 5. The average Bonchev–Trinajstić information content (AvgIpc) is 3.17. The first-order valence-electron chi connectivity index (χ1n) is 10.1. The number of pyridine rings is 1. The third-order valence-electron chi connectivity index (χ3n) is 5.56. The molecule has 1 aliphatic rings. The first-order valence-corrected chi connectivity index (χ1v) is 12.3. The Balaban J connectivity index is 1.59. The molecule has 0 spiro atoms. The lowest BCUT2D eigenvalue weighted by Gasteiger charge is -2.21. The second kappa shape index (κ2) is 8.92. The molecule has 1 N–H and O–H groups in total. The first kappa shape index (κ1) is 22.9. The fraction of sp³-hybridized carbons (Fsp3) is 0.217. The summed E-state index contributed by atoms with van der Waals surface area (Å²) in [6.07, 6.45) is 1.07. The van der Waals surface area contributed by atoms with E-state index >= 15 is 0 Å². The van der Waals surface area contributed by atoms with E-state index in [2.05, 4.69) is 0 Å². The van der Waals surface area contributed by atoms with E-state index < -0.39 is 22.0 Å². The van der Waals surface area contributed by atoms with E-state index in [1.807, 2.05) is 12.1 Å². The number of hydrogen-bond donors (Lipinski definition) is 1. The standard InChI is InChI=1S/C23H21ClN2O6S/c1-33(30,31)17-8-6-15(7-9-17)26-11-10-16(12-22(26)27)32-21-14-25(23(28)29)13-19(21)18-4-2-3-5-20(18)24/h2-12,19,21H,13-14H2,1H3,(H,28,29). The summed E-state index contributed by atoms with van der Waals surface area (Å²) in [5, 5.41) is 9.98. The lowest BCUT2D eigenvalue weighted by atomic mass is 9.96. The number of rotatable bonds is 5. The molecule has 1 saturated heterocycles. The Labute approximate surface area is 195 Å². The monoisotopic (exact) mass is 488 g/mol. The molecule has 2 aromatic carbocycles. The number of nitrogens with zero attached hydrogens (tertiary/aromatic N) is 2. The van der Waals surface area contributed by atoms with E-state index in [9.17, 15) is 23.1 Å². The third-order valence-corrected chi connectivity index (χ3v) is 7.04. The summed E-state index contributed by atoms with van der Waals surface area (Å²) in [6.45, 7) is 0.370. The Kier molecular flexibility index (Phi) is 6.18. The maximum absolute atomic E-state index is 12.7. The van der Waals surface area contributed by atoms with Gasteiger partial charge in [0.05, 0.1) is 11.4 Å². The van der Waals surface area contributed by atoms with E-state index in [-0.39, 0.29) is 29.5 Å². The number of amides is 1. The maximum Gasteiger partial charge on any atom is 0.407 e. The van der Waals surface area contributed by atoms with Gasteiger partial charge in [0.15, 0.2) is 9.84 Å². The first-order chi connectivity index (χ1) is 15.6. The molecule has 0 radical (unpaired) electrons. The van der Waals surface area contributed by atoms with Gasteiger partial charge in [-0.1, -0.05) is 29.8 Å². The number of benzene rings is 2. The van der Waals surface area contributed by atoms with Crippen LogP contribution in [-0.4, -0.2) is 54.5 Å². The molecular weight excluding hydrogens is 468 g/mol. The zero-order valence-corrected chi connectivity index (χ0v) is 19.2. The van der Waals surface area contributed by atoms with E-state index in [1.165, 1.54) is 33.9 Å². The van der Waals surface area contributed by atoms with Crippen LogP contribution in [0.5, 0.6) is 5.75 Å². The number of sulfone groups is 1. The van der Waals surface area contributed by atoms with Crippen molar-refractivity contribution >= 4 is 27.5 Å². The molecule has 172 valence electrons. The number of carboxylic acid groups (broad SMARTS) is 1. The summed E-state index contributed by atoms with van der Waals surface area (Å²) in [7, 11) is -3.34. The third kappa shape index (κ3) is 4.89. The smallest absolute Gasteiger partial charge is 0.407 e. The fourth-order valence-corrected chi connectivity index (χ4v) is 4.81. The SMILES string of the molecule is CS(=O)(=O)c1ccc(-n2ccc(OC3CN(C(=O)O)CC3c3ccccc3Cl)cc2=O)cc1. The normalized spacial score (nSPS) is 18.3. The summed E-state index contributed by atoms with van der Waals surface area (Å²) >= 11 is 6.34. The molecule has 10 heteroatoms. The van der Waals surface area contributed by atoms with Gasteiger partial charge in [-0.05, 0) is 42.0 Å². The summed E-state index contributed by atoms with van der Waals surface area (Å²) < 4.78 is 30.7. The van der Waals surface area contributed by atoms with Crippen LogP contribution in [-0.2, 0) is 9.84 Å². The molecule has 0 bridgehead atoms. The minimum atomic E-state index is -3.34. The minimum Gasteiger partial charge on any atom is -0.488 e. The zero-order chi connectivity index (χ0) is 23.8. The van der Waals surface area contributed by atoms with Gasteiger partial charge in [-0.3, -0.25) is 9.36 Å². The molecule has 8 nitrogen and oxygen atoms in total. The highest BCUT2D eigenvalue weighted by atomic mass is 35.5. The fourth-order valence-electron chi connectivity index (χ4n) is 3.90. The topological polar surface area (TPSA) is 106 Å². The van der Waals surface area contributed by atoms with Crippen LogP contribution >= 0.6 is 11.6 Å². The highest BCUT2D eigenvalue weighted by Gasteiger charge is 2.38. The molecule has 3 aromatic rings. The minimum absolute atomic E-state index is 0.140. The highest BCUT2D eigenvalue weighted by Crippen LogP contribution is 2.34. The Bertz CT molecular complexity index is 1350. The van der Waals surface area contributed by atoms with Crippen LogP contribution in [0.15, 0.2) is 76.6 Å². The van der Waals surface area contributed by atoms with Crippen LogP contribution in [0, 0.1) is 0 Å². The van der Waals surface area contributed by atoms with Crippen LogP contribution in [0.3, 0.4) is 0 Å². The van der Waals surface area contributed by atoms with Crippen molar-refractivity contribution in [1.29, 1.82) is 0 Å². The Morgan fingerprint density at radius 1 is 1.09 bits per heavy atom. The summed E-state index contributed by atoms with van der Waals surface area (Å²) in [5.41, 5.74) is 0.917. The van der Waals surface area contributed by atoms with Crippen molar-refractivity contribution in [2.24, 2.45) is 0 Å². The van der Waals surface area contributed by atoms with Crippen molar-refractivity contribution in [2.45, 2.75) is 16.9 Å². The van der Waals surface area contributed by atoms with Gasteiger partial charge < -0.3 is 14.7 Å². The van der Waals surface area contributed by atoms with E-state index in [1.54, 1.807) is 30.3 Å². The number of carbonyl (C=O) groups is 1. The highest BCUT2D eigenvalue weighted by molar-refractivity contribution is 7.90. The Hall–Kier alpha value is -3.30. The lowest BCUT2D eigenvalue weighted by Crippen LogP contribution is -2.30. The second-order valence-corrected chi connectivity index (χ2v) is 10.2. The molecule has 2 atom stereocenters. The van der Waals surface area contributed by atoms with E-state index in [0.29, 0.717) is 16.5 Å². The van der Waals surface area contributed by atoms with Gasteiger partial charge in [0, 0.05) is 41.7 Å². The molecule has 0 aliphatic carbocycles. The van der Waals surface area contributed by atoms with Crippen molar-refractivity contribution in [2.75, 3.05) is 19.3 Å². The van der Waals surface area contributed by atoms with Gasteiger partial charge >= 0.3 is 6.09 Å². The molecular formula is C23H21ClN2O6S. The second-order valence-electron chi connectivity index (χ2n) is 7.81. The number of halogens is 1. The molecule has 33 heavy (non-hydrogen) atoms. The molecule has 1 aromatic heterocycles. The van der Waals surface area contributed by atoms with Gasteiger partial charge in [0.2, 0.25) is 0 Å². The van der Waals surface area contributed by atoms with Crippen LogP contribution < -0.4 is 10.3 Å². The Morgan fingerprint density at radius 3 is 2.39 bits per heavy atom. The average molecular weight is 489 g/mol. The largest absolute Gasteiger partial charge is 0.488 e. The molecule has 0 saturated carbocycles. The van der Waals surface area contributed by atoms with Gasteiger partial charge in [-0.15, -0.1) is 0 Å². The van der Waals surface area contributed by atoms with E-state index in [4.69, 9.17) is 16.3 Å². The molecule has 4 rings (SSSR count). The summed E-state index contributed by atoms with van der Waals surface area (Å²) in [4.78, 5) is 25.7. The van der Waals surface area contributed by atoms with Crippen molar-refractivity contribution < 1.29 is 23.1 Å². The summed E-state index contributed by atoms with van der Waals surface area (Å²) in [6, 6.07) is 16.1. The van der Waals surface area contributed by atoms with Crippen LogP contribution in [0.1, 0.15) is 11.5 Å². The van der Waals surface area contributed by atoms with Gasteiger partial charge in [0.1, 0.15) is 11.9 Å². The van der Waals surface area contributed by atoms with Gasteiger partial charge in [-0.25, -0.2) is 13.2 Å². The Morgan fingerprint density at radius 2 is 1.79 bits per heavy atom. The van der Waals surface area contributed by atoms with Crippen molar-refractivity contribution in [3.8, 4) is 11.4 Å². The molecule has 2 heterocycles. The number of aromatic nitrogens is 1. The predicted molar refractivity (Wildman–Crippen MR) is 123 cm³/mol. The zero-order valence-electron chi connectivity index (χ0n) is 17.6. The van der Waals surface area contributed by atoms with Crippen LogP contribution in [0.25, 0.3) is 5.69 Å². The van der Waals surface area contributed by atoms with Crippen molar-refractivity contribution in [3.05, 3.63) is 87.8 Å². The van der Waals surface area contributed by atoms with E-state index in [0.717, 1.165) is 11.8 Å². The predicted octanol–water partition coefficient (Wildman–Crippen LogP) is 3.42.